The summed E-state index contributed by atoms with van der Waals surface area (Å²) >= 11 is 0. The van der Waals surface area contributed by atoms with Gasteiger partial charge in [0.2, 0.25) is 0 Å². The maximum atomic E-state index is 5.46. The van der Waals surface area contributed by atoms with Crippen LogP contribution in [0.4, 0.5) is 5.69 Å². The van der Waals surface area contributed by atoms with Crippen LogP contribution in [0, 0.1) is 0 Å². The first-order chi connectivity index (χ1) is 13.7. The summed E-state index contributed by atoms with van der Waals surface area (Å²) in [6, 6.07) is 8.63. The molecule has 0 atom stereocenters. The van der Waals surface area contributed by atoms with Gasteiger partial charge in [0.05, 0.1) is 12.2 Å². The minimum absolute atomic E-state index is 0. The topological polar surface area (TPSA) is 65.7 Å². The van der Waals surface area contributed by atoms with Crippen LogP contribution in [-0.4, -0.2) is 30.8 Å². The molecule has 2 N–H and O–H groups in total. The van der Waals surface area contributed by atoms with Crippen molar-refractivity contribution in [1.29, 1.82) is 0 Å². The van der Waals surface area contributed by atoms with E-state index in [0.717, 1.165) is 55.5 Å². The summed E-state index contributed by atoms with van der Waals surface area (Å²) in [5, 5.41) is 10.9. The number of aromatic nitrogens is 1. The van der Waals surface area contributed by atoms with Gasteiger partial charge < -0.3 is 20.1 Å². The second-order valence-corrected chi connectivity index (χ2v) is 6.83. The van der Waals surface area contributed by atoms with Crippen molar-refractivity contribution in [3.63, 3.8) is 0 Å². The zero-order chi connectivity index (χ0) is 19.8. The molecule has 3 rings (SSSR count). The number of nitrogens with zero attached hydrogens (tertiary/aromatic N) is 3. The van der Waals surface area contributed by atoms with Gasteiger partial charge in [-0.05, 0) is 31.0 Å². The Balaban J connectivity index is 0.00000300. The number of halogens is 1. The number of hydrogen-bond acceptors (Lipinski definition) is 4. The van der Waals surface area contributed by atoms with Crippen LogP contribution in [0.15, 0.2) is 45.9 Å². The molecule has 0 saturated carbocycles. The molecular formula is C22H32IN5O. The molecule has 0 radical (unpaired) electrons. The molecule has 0 bridgehead atoms. The van der Waals surface area contributed by atoms with E-state index in [-0.39, 0.29) is 24.0 Å². The van der Waals surface area contributed by atoms with Gasteiger partial charge in [-0.15, -0.1) is 24.0 Å². The number of aliphatic imine (C=N–C) groups is 1. The van der Waals surface area contributed by atoms with Crippen LogP contribution in [0.3, 0.4) is 0 Å². The molecule has 1 aliphatic heterocycles. The summed E-state index contributed by atoms with van der Waals surface area (Å²) < 4.78 is 5.46. The molecule has 0 saturated heterocycles. The Morgan fingerprint density at radius 1 is 1.14 bits per heavy atom. The maximum absolute atomic E-state index is 5.46. The van der Waals surface area contributed by atoms with Gasteiger partial charge in [-0.1, -0.05) is 43.3 Å². The minimum atomic E-state index is 0. The Labute approximate surface area is 190 Å². The molecule has 0 unspecified atom stereocenters. The molecule has 2 heterocycles. The van der Waals surface area contributed by atoms with Gasteiger partial charge in [0, 0.05) is 43.9 Å². The van der Waals surface area contributed by atoms with E-state index in [4.69, 9.17) is 9.52 Å². The SMILES string of the molecule is CCNC(=NCc1cccc(N2CC=CC2)c1)NCc1c(CC)noc1CC.I. The quantitative estimate of drug-likeness (QED) is 0.243. The lowest BCUT2D eigenvalue weighted by Gasteiger charge is -2.18. The fourth-order valence-electron chi connectivity index (χ4n) is 3.36. The van der Waals surface area contributed by atoms with E-state index < -0.39 is 0 Å². The van der Waals surface area contributed by atoms with Crippen LogP contribution in [0.2, 0.25) is 0 Å². The molecule has 6 nitrogen and oxygen atoms in total. The molecule has 0 spiro atoms. The largest absolute Gasteiger partial charge is 0.364 e. The second kappa shape index (κ2) is 11.8. The molecule has 29 heavy (non-hydrogen) atoms. The molecule has 2 aromatic rings. The number of benzene rings is 1. The van der Waals surface area contributed by atoms with E-state index in [1.54, 1.807) is 0 Å². The van der Waals surface area contributed by atoms with Gasteiger partial charge in [0.25, 0.3) is 0 Å². The van der Waals surface area contributed by atoms with Crippen molar-refractivity contribution < 1.29 is 4.52 Å². The maximum Gasteiger partial charge on any atom is 0.191 e. The Morgan fingerprint density at radius 2 is 1.93 bits per heavy atom. The van der Waals surface area contributed by atoms with Crippen molar-refractivity contribution in [3.05, 3.63) is 59.0 Å². The van der Waals surface area contributed by atoms with E-state index in [1.165, 1.54) is 11.3 Å². The molecule has 1 aromatic carbocycles. The van der Waals surface area contributed by atoms with Crippen molar-refractivity contribution in [2.24, 2.45) is 4.99 Å². The normalized spacial score (nSPS) is 13.5. The average molecular weight is 509 g/mol. The first-order valence-corrected chi connectivity index (χ1v) is 10.2. The van der Waals surface area contributed by atoms with Crippen LogP contribution in [0.5, 0.6) is 0 Å². The lowest BCUT2D eigenvalue weighted by molar-refractivity contribution is 0.380. The van der Waals surface area contributed by atoms with Gasteiger partial charge in [-0.2, -0.15) is 0 Å². The third-order valence-corrected chi connectivity index (χ3v) is 4.90. The summed E-state index contributed by atoms with van der Waals surface area (Å²) in [6.45, 7) is 10.3. The Kier molecular flexibility index (Phi) is 9.50. The zero-order valence-corrected chi connectivity index (χ0v) is 19.9. The zero-order valence-electron chi connectivity index (χ0n) is 17.6. The van der Waals surface area contributed by atoms with Crippen molar-refractivity contribution in [3.8, 4) is 0 Å². The molecule has 7 heteroatoms. The Morgan fingerprint density at radius 3 is 2.62 bits per heavy atom. The van der Waals surface area contributed by atoms with Gasteiger partial charge in [0.15, 0.2) is 5.96 Å². The van der Waals surface area contributed by atoms with Crippen LogP contribution < -0.4 is 15.5 Å². The fraction of sp³-hybridized carbons (Fsp3) is 0.455. The first-order valence-electron chi connectivity index (χ1n) is 10.2. The van der Waals surface area contributed by atoms with Crippen LogP contribution in [-0.2, 0) is 25.9 Å². The minimum Gasteiger partial charge on any atom is -0.364 e. The van der Waals surface area contributed by atoms with E-state index in [2.05, 4.69) is 77.9 Å². The molecule has 1 aliphatic rings. The van der Waals surface area contributed by atoms with Crippen LogP contribution >= 0.6 is 24.0 Å². The van der Waals surface area contributed by atoms with Crippen molar-refractivity contribution in [1.82, 2.24) is 15.8 Å². The molecule has 0 aliphatic carbocycles. The summed E-state index contributed by atoms with van der Waals surface area (Å²) in [5.74, 6) is 1.76. The third kappa shape index (κ3) is 6.22. The molecule has 0 amide bonds. The molecular weight excluding hydrogens is 477 g/mol. The Hall–Kier alpha value is -2.03. The lowest BCUT2D eigenvalue weighted by Crippen LogP contribution is -2.37. The smallest absolute Gasteiger partial charge is 0.191 e. The molecule has 0 fully saturated rings. The first kappa shape index (κ1) is 23.3. The number of aryl methyl sites for hydroxylation is 2. The lowest BCUT2D eigenvalue weighted by atomic mass is 10.1. The second-order valence-electron chi connectivity index (χ2n) is 6.83. The number of hydrogen-bond donors (Lipinski definition) is 2. The standard InChI is InChI=1S/C22H31N5O.HI/c1-4-20-19(21(5-2)28-26-20)16-25-22(23-6-3)24-15-17-10-9-11-18(14-17)27-12-7-8-13-27;/h7-11,14H,4-6,12-13,15-16H2,1-3H3,(H2,23,24,25);1H. The Bertz CT molecular complexity index is 801. The predicted molar refractivity (Wildman–Crippen MR) is 130 cm³/mol. The third-order valence-electron chi connectivity index (χ3n) is 4.90. The highest BCUT2D eigenvalue weighted by atomic mass is 127. The summed E-state index contributed by atoms with van der Waals surface area (Å²) in [4.78, 5) is 7.12. The monoisotopic (exact) mass is 509 g/mol. The summed E-state index contributed by atoms with van der Waals surface area (Å²) in [6.07, 6.45) is 6.12. The van der Waals surface area contributed by atoms with E-state index in [9.17, 15) is 0 Å². The van der Waals surface area contributed by atoms with Crippen molar-refractivity contribution in [2.45, 2.75) is 46.7 Å². The van der Waals surface area contributed by atoms with E-state index in [0.29, 0.717) is 13.1 Å². The van der Waals surface area contributed by atoms with Crippen LogP contribution in [0.25, 0.3) is 0 Å². The fourth-order valence-corrected chi connectivity index (χ4v) is 3.36. The van der Waals surface area contributed by atoms with E-state index >= 15 is 0 Å². The van der Waals surface area contributed by atoms with Gasteiger partial charge in [-0.25, -0.2) is 4.99 Å². The highest BCUT2D eigenvalue weighted by Gasteiger charge is 2.13. The molecule has 1 aromatic heterocycles. The summed E-state index contributed by atoms with van der Waals surface area (Å²) in [7, 11) is 0. The van der Waals surface area contributed by atoms with E-state index in [1.807, 2.05) is 0 Å². The van der Waals surface area contributed by atoms with Crippen molar-refractivity contribution in [2.75, 3.05) is 24.5 Å². The van der Waals surface area contributed by atoms with Crippen LogP contribution in [0.1, 0.15) is 43.4 Å². The number of guanidine groups is 1. The highest BCUT2D eigenvalue weighted by Crippen LogP contribution is 2.19. The van der Waals surface area contributed by atoms with Gasteiger partial charge in [-0.3, -0.25) is 0 Å². The number of rotatable bonds is 8. The average Bonchev–Trinajstić information content (AvgIpc) is 3.39. The molecule has 158 valence electrons. The highest BCUT2D eigenvalue weighted by molar-refractivity contribution is 14.0. The van der Waals surface area contributed by atoms with Gasteiger partial charge in [0.1, 0.15) is 5.76 Å². The van der Waals surface area contributed by atoms with Crippen molar-refractivity contribution >= 4 is 35.6 Å². The van der Waals surface area contributed by atoms with Gasteiger partial charge >= 0.3 is 0 Å². The number of anilines is 1. The predicted octanol–water partition coefficient (Wildman–Crippen LogP) is 4.05. The summed E-state index contributed by atoms with van der Waals surface area (Å²) in [5.41, 5.74) is 4.63. The number of nitrogens with one attached hydrogen (secondary N) is 2.